The zero-order valence-electron chi connectivity index (χ0n) is 19.5. The summed E-state index contributed by atoms with van der Waals surface area (Å²) < 4.78 is 16.8. The van der Waals surface area contributed by atoms with Crippen LogP contribution in [0.15, 0.2) is 99.2 Å². The van der Waals surface area contributed by atoms with Gasteiger partial charge in [0.2, 0.25) is 0 Å². The molecule has 0 N–H and O–H groups in total. The third kappa shape index (κ3) is 4.76. The number of anilines is 1. The first-order chi connectivity index (χ1) is 17.6. The Bertz CT molecular complexity index is 1480. The van der Waals surface area contributed by atoms with Crippen molar-refractivity contribution in [2.75, 3.05) is 19.1 Å². The summed E-state index contributed by atoms with van der Waals surface area (Å²) in [5, 5.41) is 1.09. The fraction of sp³-hybridized carbons (Fsp3) is 0.0714. The molecule has 0 bridgehead atoms. The van der Waals surface area contributed by atoms with E-state index < -0.39 is 0 Å². The summed E-state index contributed by atoms with van der Waals surface area (Å²) >= 11 is 7.58. The number of benzene rings is 3. The maximum atomic E-state index is 13.6. The standard InChI is InChI=1S/C28H21ClN2O4S/c1-33-19-13-11-18(12-14-19)30-28-31(23-9-5-6-10-25(23)34-2)27(32)26(36-28)17-20-15-16-24(35-20)21-7-3-4-8-22(21)29/h3-17H,1-2H3/b26-17-,30-28?. The van der Waals surface area contributed by atoms with Crippen molar-refractivity contribution in [3.8, 4) is 22.8 Å². The van der Waals surface area contributed by atoms with Gasteiger partial charge in [-0.2, -0.15) is 0 Å². The van der Waals surface area contributed by atoms with E-state index in [2.05, 4.69) is 0 Å². The van der Waals surface area contributed by atoms with Crippen molar-refractivity contribution in [2.24, 2.45) is 4.99 Å². The Kier molecular flexibility index (Phi) is 6.84. The van der Waals surface area contributed by atoms with Crippen molar-refractivity contribution < 1.29 is 18.7 Å². The van der Waals surface area contributed by atoms with Crippen LogP contribution in [0.5, 0.6) is 11.5 Å². The Morgan fingerprint density at radius 2 is 1.67 bits per heavy atom. The third-order valence-electron chi connectivity index (χ3n) is 5.47. The minimum absolute atomic E-state index is 0.229. The molecule has 0 atom stereocenters. The van der Waals surface area contributed by atoms with Crippen molar-refractivity contribution in [3.05, 3.63) is 101 Å². The lowest BCUT2D eigenvalue weighted by molar-refractivity contribution is -0.113. The number of hydrogen-bond acceptors (Lipinski definition) is 6. The molecule has 2 heterocycles. The van der Waals surface area contributed by atoms with E-state index >= 15 is 0 Å². The second-order valence-electron chi connectivity index (χ2n) is 7.70. The molecule has 0 aliphatic carbocycles. The van der Waals surface area contributed by atoms with E-state index in [0.29, 0.717) is 43.7 Å². The molecule has 1 saturated heterocycles. The number of halogens is 1. The van der Waals surface area contributed by atoms with E-state index in [-0.39, 0.29) is 5.91 Å². The number of furan rings is 1. The molecular weight excluding hydrogens is 496 g/mol. The zero-order valence-corrected chi connectivity index (χ0v) is 21.0. The third-order valence-corrected chi connectivity index (χ3v) is 6.77. The Morgan fingerprint density at radius 1 is 0.917 bits per heavy atom. The SMILES string of the molecule is COc1ccc(N=C2S/C(=C\c3ccc(-c4ccccc4Cl)o3)C(=O)N2c2ccccc2OC)cc1. The number of rotatable bonds is 6. The fourth-order valence-electron chi connectivity index (χ4n) is 3.71. The molecule has 5 rings (SSSR count). The summed E-state index contributed by atoms with van der Waals surface area (Å²) in [7, 11) is 3.18. The fourth-order valence-corrected chi connectivity index (χ4v) is 4.91. The summed E-state index contributed by atoms with van der Waals surface area (Å²) in [6.45, 7) is 0. The number of nitrogens with zero attached hydrogens (tertiary/aromatic N) is 2. The van der Waals surface area contributed by atoms with Crippen LogP contribution in [0.3, 0.4) is 0 Å². The summed E-state index contributed by atoms with van der Waals surface area (Å²) in [6, 6.07) is 25.8. The van der Waals surface area contributed by atoms with Crippen molar-refractivity contribution in [1.82, 2.24) is 0 Å². The Balaban J connectivity index is 1.54. The van der Waals surface area contributed by atoms with Crippen molar-refractivity contribution in [1.29, 1.82) is 0 Å². The molecule has 0 saturated carbocycles. The first-order valence-corrected chi connectivity index (χ1v) is 12.2. The molecule has 1 amide bonds. The second kappa shape index (κ2) is 10.4. The van der Waals surface area contributed by atoms with Crippen LogP contribution < -0.4 is 14.4 Å². The van der Waals surface area contributed by atoms with E-state index in [1.165, 1.54) is 11.8 Å². The smallest absolute Gasteiger partial charge is 0.271 e. The van der Waals surface area contributed by atoms with Crippen molar-refractivity contribution in [3.63, 3.8) is 0 Å². The first-order valence-electron chi connectivity index (χ1n) is 11.0. The van der Waals surface area contributed by atoms with Gasteiger partial charge in [0.25, 0.3) is 5.91 Å². The highest BCUT2D eigenvalue weighted by Crippen LogP contribution is 2.41. The van der Waals surface area contributed by atoms with Crippen LogP contribution in [0.1, 0.15) is 5.76 Å². The molecule has 1 aliphatic rings. The highest BCUT2D eigenvalue weighted by atomic mass is 35.5. The molecule has 8 heteroatoms. The molecule has 0 unspecified atom stereocenters. The van der Waals surface area contributed by atoms with Crippen LogP contribution in [0.4, 0.5) is 11.4 Å². The number of thioether (sulfide) groups is 1. The van der Waals surface area contributed by atoms with Gasteiger partial charge >= 0.3 is 0 Å². The molecule has 1 aromatic heterocycles. The van der Waals surface area contributed by atoms with E-state index in [1.54, 1.807) is 31.3 Å². The second-order valence-corrected chi connectivity index (χ2v) is 9.11. The molecule has 36 heavy (non-hydrogen) atoms. The lowest BCUT2D eigenvalue weighted by Gasteiger charge is -2.18. The van der Waals surface area contributed by atoms with Gasteiger partial charge in [-0.1, -0.05) is 35.9 Å². The summed E-state index contributed by atoms with van der Waals surface area (Å²) in [4.78, 5) is 20.4. The first kappa shape index (κ1) is 23.8. The van der Waals surface area contributed by atoms with E-state index in [4.69, 9.17) is 30.5 Å². The van der Waals surface area contributed by atoms with E-state index in [0.717, 1.165) is 11.3 Å². The normalized spacial score (nSPS) is 15.6. The molecule has 6 nitrogen and oxygen atoms in total. The van der Waals surface area contributed by atoms with E-state index in [1.807, 2.05) is 78.9 Å². The van der Waals surface area contributed by atoms with Crippen LogP contribution >= 0.6 is 23.4 Å². The number of carbonyl (C=O) groups is 1. The summed E-state index contributed by atoms with van der Waals surface area (Å²) in [6.07, 6.45) is 1.71. The van der Waals surface area contributed by atoms with Gasteiger partial charge in [-0.25, -0.2) is 4.99 Å². The number of hydrogen-bond donors (Lipinski definition) is 0. The maximum absolute atomic E-state index is 13.6. The number of para-hydroxylation sites is 2. The molecule has 3 aromatic carbocycles. The average molecular weight is 517 g/mol. The summed E-state index contributed by atoms with van der Waals surface area (Å²) in [5.74, 6) is 2.22. The average Bonchev–Trinajstić information content (AvgIpc) is 3.49. The molecule has 1 aliphatic heterocycles. The highest BCUT2D eigenvalue weighted by Gasteiger charge is 2.36. The van der Waals surface area contributed by atoms with Gasteiger partial charge in [0.05, 0.1) is 35.5 Å². The number of ether oxygens (including phenoxy) is 2. The number of methoxy groups -OCH3 is 2. The predicted octanol–water partition coefficient (Wildman–Crippen LogP) is 7.43. The molecule has 0 radical (unpaired) electrons. The Morgan fingerprint density at radius 3 is 2.42 bits per heavy atom. The lowest BCUT2D eigenvalue weighted by Crippen LogP contribution is -2.29. The molecule has 4 aromatic rings. The van der Waals surface area contributed by atoms with Crippen LogP contribution in [0, 0.1) is 0 Å². The molecule has 180 valence electrons. The van der Waals surface area contributed by atoms with Crippen LogP contribution in [0.25, 0.3) is 17.4 Å². The molecule has 0 spiro atoms. The zero-order chi connectivity index (χ0) is 25.1. The topological polar surface area (TPSA) is 64.3 Å². The number of carbonyl (C=O) groups excluding carboxylic acids is 1. The number of amides is 1. The largest absolute Gasteiger partial charge is 0.497 e. The monoisotopic (exact) mass is 516 g/mol. The molecular formula is C28H21ClN2O4S. The number of aliphatic imine (C=N–C) groups is 1. The van der Waals surface area contributed by atoms with Gasteiger partial charge < -0.3 is 13.9 Å². The van der Waals surface area contributed by atoms with Crippen LogP contribution in [-0.2, 0) is 4.79 Å². The number of amidine groups is 1. The lowest BCUT2D eigenvalue weighted by atomic mass is 10.2. The van der Waals surface area contributed by atoms with Gasteiger partial charge in [0.15, 0.2) is 5.17 Å². The van der Waals surface area contributed by atoms with Gasteiger partial charge in [-0.3, -0.25) is 9.69 Å². The molecule has 1 fully saturated rings. The minimum atomic E-state index is -0.229. The quantitative estimate of drug-likeness (QED) is 0.249. The van der Waals surface area contributed by atoms with Crippen molar-refractivity contribution in [2.45, 2.75) is 0 Å². The van der Waals surface area contributed by atoms with Gasteiger partial charge in [0.1, 0.15) is 23.0 Å². The Labute approximate surface area is 217 Å². The van der Waals surface area contributed by atoms with Gasteiger partial charge in [-0.05, 0) is 72.4 Å². The van der Waals surface area contributed by atoms with Gasteiger partial charge in [-0.15, -0.1) is 0 Å². The predicted molar refractivity (Wildman–Crippen MR) is 145 cm³/mol. The van der Waals surface area contributed by atoms with E-state index in [9.17, 15) is 4.79 Å². The Hall–Kier alpha value is -3.94. The van der Waals surface area contributed by atoms with Gasteiger partial charge in [0, 0.05) is 11.6 Å². The minimum Gasteiger partial charge on any atom is -0.497 e. The maximum Gasteiger partial charge on any atom is 0.271 e. The van der Waals surface area contributed by atoms with Crippen LogP contribution in [-0.4, -0.2) is 25.3 Å². The summed E-state index contributed by atoms with van der Waals surface area (Å²) in [5.41, 5.74) is 2.07. The van der Waals surface area contributed by atoms with Crippen LogP contribution in [0.2, 0.25) is 5.02 Å². The van der Waals surface area contributed by atoms with Crippen molar-refractivity contribution >= 4 is 51.9 Å². The highest BCUT2D eigenvalue weighted by molar-refractivity contribution is 8.19.